The van der Waals surface area contributed by atoms with Crippen molar-refractivity contribution in [2.75, 3.05) is 4.90 Å². The van der Waals surface area contributed by atoms with Crippen LogP contribution in [0.2, 0.25) is 6.55 Å². The summed E-state index contributed by atoms with van der Waals surface area (Å²) in [6.07, 6.45) is 4.86. The van der Waals surface area contributed by atoms with Gasteiger partial charge in [0.1, 0.15) is 0 Å². The summed E-state index contributed by atoms with van der Waals surface area (Å²) >= 11 is 0.387. The van der Waals surface area contributed by atoms with E-state index in [2.05, 4.69) is 121 Å². The standard InChI is InChI=1S/C38H29BN2OSeSi/c1-44(27-11-3-2-4-12-27)36-18-10-5-13-29(36)39-28-20-19-26(23-32(28)42-33-21-25(24-40)22-37(44)38(33)39)41-30-14-6-8-16-34(30)43-35-17-9-7-15-31(35)41/h2-6,8,10-14,16,18-23H,7,9,15,17H2,1H3. The molecule has 0 saturated heterocycles. The first-order valence-electron chi connectivity index (χ1n) is 15.5. The quantitative estimate of drug-likeness (QED) is 0.268. The van der Waals surface area contributed by atoms with E-state index in [-0.39, 0.29) is 6.71 Å². The van der Waals surface area contributed by atoms with Crippen molar-refractivity contribution in [3.05, 3.63) is 125 Å². The Kier molecular flexibility index (Phi) is 5.87. The van der Waals surface area contributed by atoms with Crippen molar-refractivity contribution < 1.29 is 4.74 Å². The molecular weight excluding hydrogens is 618 g/mol. The number of ether oxygens (including phenoxy) is 1. The van der Waals surface area contributed by atoms with Gasteiger partial charge in [0.15, 0.2) is 0 Å². The summed E-state index contributed by atoms with van der Waals surface area (Å²) in [5.74, 6) is 1.73. The van der Waals surface area contributed by atoms with Crippen molar-refractivity contribution >= 4 is 77.5 Å². The number of nitrogens with zero attached hydrogens (tertiary/aromatic N) is 2. The van der Waals surface area contributed by atoms with Crippen molar-refractivity contribution in [1.29, 1.82) is 5.26 Å². The van der Waals surface area contributed by atoms with Crippen molar-refractivity contribution in [2.45, 2.75) is 32.2 Å². The molecule has 5 aromatic rings. The second-order valence-corrected chi connectivity index (χ2v) is 18.7. The number of para-hydroxylation sites is 1. The van der Waals surface area contributed by atoms with Gasteiger partial charge in [-0.25, -0.2) is 0 Å². The number of hydrogen-bond acceptors (Lipinski definition) is 3. The second-order valence-electron chi connectivity index (χ2n) is 12.4. The molecule has 210 valence electrons. The molecule has 9 rings (SSSR count). The zero-order valence-electron chi connectivity index (χ0n) is 24.5. The molecule has 0 fully saturated rings. The Hall–Kier alpha value is -4.27. The second kappa shape index (κ2) is 9.87. The third-order valence-corrected chi connectivity index (χ3v) is 17.2. The van der Waals surface area contributed by atoms with E-state index in [1.807, 2.05) is 6.07 Å². The molecule has 0 amide bonds. The van der Waals surface area contributed by atoms with Crippen LogP contribution in [0.25, 0.3) is 0 Å². The number of fused-ring (bicyclic) bond motifs is 5. The minimum absolute atomic E-state index is 0.0625. The van der Waals surface area contributed by atoms with Crippen LogP contribution in [0.1, 0.15) is 31.2 Å². The summed E-state index contributed by atoms with van der Waals surface area (Å²) < 4.78 is 10.00. The van der Waals surface area contributed by atoms with Gasteiger partial charge in [-0.3, -0.25) is 0 Å². The first-order chi connectivity index (χ1) is 21.6. The molecule has 0 spiro atoms. The van der Waals surface area contributed by atoms with Gasteiger partial charge in [-0.05, 0) is 0 Å². The molecule has 1 atom stereocenters. The predicted molar refractivity (Wildman–Crippen MR) is 185 cm³/mol. The Balaban J connectivity index is 1.26. The van der Waals surface area contributed by atoms with E-state index < -0.39 is 8.07 Å². The predicted octanol–water partition coefficient (Wildman–Crippen LogP) is 3.86. The van der Waals surface area contributed by atoms with E-state index in [1.165, 1.54) is 67.1 Å². The maximum atomic E-state index is 10.2. The Morgan fingerprint density at radius 2 is 1.59 bits per heavy atom. The van der Waals surface area contributed by atoms with E-state index in [0.717, 1.165) is 23.6 Å². The van der Waals surface area contributed by atoms with E-state index in [9.17, 15) is 5.26 Å². The summed E-state index contributed by atoms with van der Waals surface area (Å²) in [7, 11) is -2.42. The van der Waals surface area contributed by atoms with Gasteiger partial charge in [-0.2, -0.15) is 0 Å². The number of rotatable bonds is 2. The average molecular weight is 648 g/mol. The molecule has 6 heteroatoms. The molecule has 3 heterocycles. The monoisotopic (exact) mass is 648 g/mol. The average Bonchev–Trinajstić information content (AvgIpc) is 3.08. The Bertz CT molecular complexity index is 2090. The number of hydrogen-bond donors (Lipinski definition) is 0. The zero-order valence-corrected chi connectivity index (χ0v) is 27.2. The van der Waals surface area contributed by atoms with Crippen LogP contribution in [-0.2, 0) is 0 Å². The molecule has 5 aromatic carbocycles. The molecule has 0 radical (unpaired) electrons. The molecule has 0 saturated carbocycles. The van der Waals surface area contributed by atoms with Gasteiger partial charge in [0.25, 0.3) is 0 Å². The molecule has 1 aliphatic carbocycles. The fourth-order valence-corrected chi connectivity index (χ4v) is 14.9. The SMILES string of the molecule is C[Si]1(c2ccccc2)c2ccccc2B2c3ccc(N4C5=C(CCCC5)[Se]c5ccccc54)cc3Oc3cc(C#N)cc1c32. The molecule has 0 bridgehead atoms. The van der Waals surface area contributed by atoms with E-state index >= 15 is 0 Å². The fraction of sp³-hybridized carbons (Fsp3) is 0.132. The first-order valence-corrected chi connectivity index (χ1v) is 19.7. The van der Waals surface area contributed by atoms with Gasteiger partial charge in [0.05, 0.1) is 0 Å². The van der Waals surface area contributed by atoms with Gasteiger partial charge >= 0.3 is 237 Å². The van der Waals surface area contributed by atoms with Crippen LogP contribution in [-0.4, -0.2) is 29.7 Å². The summed E-state index contributed by atoms with van der Waals surface area (Å²) in [5, 5.41) is 14.3. The number of nitriles is 1. The van der Waals surface area contributed by atoms with Crippen LogP contribution >= 0.6 is 0 Å². The maximum absolute atomic E-state index is 10.2. The minimum atomic E-state index is -2.42. The molecule has 1 unspecified atom stereocenters. The summed E-state index contributed by atoms with van der Waals surface area (Å²) in [6.45, 7) is 2.50. The molecular formula is C38H29BN2OSeSi. The topological polar surface area (TPSA) is 36.3 Å². The first kappa shape index (κ1) is 26.2. The van der Waals surface area contributed by atoms with Crippen LogP contribution < -0.4 is 46.0 Å². The number of benzene rings is 5. The van der Waals surface area contributed by atoms with Crippen LogP contribution in [0, 0.1) is 11.3 Å². The van der Waals surface area contributed by atoms with Crippen molar-refractivity contribution in [3.8, 4) is 17.6 Å². The van der Waals surface area contributed by atoms with E-state index in [4.69, 9.17) is 4.74 Å². The third kappa shape index (κ3) is 3.67. The summed E-state index contributed by atoms with van der Waals surface area (Å²) in [5.41, 5.74) is 8.44. The van der Waals surface area contributed by atoms with Crippen molar-refractivity contribution in [2.24, 2.45) is 0 Å². The molecule has 44 heavy (non-hydrogen) atoms. The molecule has 4 aliphatic rings. The number of anilines is 2. The van der Waals surface area contributed by atoms with Crippen LogP contribution in [0.3, 0.4) is 0 Å². The molecule has 0 N–H and O–H groups in total. The van der Waals surface area contributed by atoms with Gasteiger partial charge in [-0.1, -0.05) is 30.3 Å². The Morgan fingerprint density at radius 1 is 0.795 bits per heavy atom. The third-order valence-electron chi connectivity index (χ3n) is 10.0. The Labute approximate surface area is 266 Å². The zero-order chi connectivity index (χ0) is 29.4. The van der Waals surface area contributed by atoms with E-state index in [1.54, 1.807) is 4.47 Å². The molecule has 3 nitrogen and oxygen atoms in total. The van der Waals surface area contributed by atoms with Crippen LogP contribution in [0.4, 0.5) is 11.4 Å². The van der Waals surface area contributed by atoms with Gasteiger partial charge in [-0.15, -0.1) is 0 Å². The fourth-order valence-electron chi connectivity index (χ4n) is 8.01. The Morgan fingerprint density at radius 3 is 2.48 bits per heavy atom. The normalized spacial score (nSPS) is 19.1. The van der Waals surface area contributed by atoms with Gasteiger partial charge < -0.3 is 0 Å². The van der Waals surface area contributed by atoms with Crippen LogP contribution in [0.15, 0.2) is 119 Å². The molecule has 0 aromatic heterocycles. The van der Waals surface area contributed by atoms with Gasteiger partial charge in [0.2, 0.25) is 0 Å². The van der Waals surface area contributed by atoms with Crippen LogP contribution in [0.5, 0.6) is 11.5 Å². The summed E-state index contributed by atoms with van der Waals surface area (Å²) in [4.78, 5) is 2.51. The van der Waals surface area contributed by atoms with Crippen molar-refractivity contribution in [3.63, 3.8) is 0 Å². The number of allylic oxidation sites excluding steroid dienone is 2. The molecule has 3 aliphatic heterocycles. The van der Waals surface area contributed by atoms with Gasteiger partial charge in [0, 0.05) is 0 Å². The van der Waals surface area contributed by atoms with E-state index in [0.29, 0.717) is 20.5 Å². The van der Waals surface area contributed by atoms with Crippen molar-refractivity contribution in [1.82, 2.24) is 0 Å². The summed E-state index contributed by atoms with van der Waals surface area (Å²) in [6, 6.07) is 42.3.